The number of piperidine rings is 1. The summed E-state index contributed by atoms with van der Waals surface area (Å²) < 4.78 is 5.84. The van der Waals surface area contributed by atoms with Gasteiger partial charge in [-0.3, -0.25) is 9.74 Å². The zero-order chi connectivity index (χ0) is 21.0. The first-order valence-electron chi connectivity index (χ1n) is 10.4. The molecule has 2 aromatic carbocycles. The maximum Gasteiger partial charge on any atom is 0.356 e. The average molecular weight is 409 g/mol. The minimum Gasteiger partial charge on any atom is -0.494 e. The summed E-state index contributed by atoms with van der Waals surface area (Å²) in [7, 11) is 0. The Labute approximate surface area is 177 Å². The quantitative estimate of drug-likeness (QED) is 0.384. The number of nitrogens with one attached hydrogen (secondary N) is 1. The molecule has 2 aromatic rings. The number of carbonyl (C=O) groups is 1. The van der Waals surface area contributed by atoms with Gasteiger partial charge in [0.05, 0.1) is 12.3 Å². The molecular formula is C23H28N4O3. The second-order valence-electron chi connectivity index (χ2n) is 7.23. The van der Waals surface area contributed by atoms with Crippen LogP contribution in [-0.4, -0.2) is 37.2 Å². The van der Waals surface area contributed by atoms with Crippen molar-refractivity contribution >= 4 is 11.7 Å². The molecule has 1 N–H and O–H groups in total. The number of para-hydroxylation sites is 1. The number of carbonyl (C=O) groups excluding carboxylic acids is 1. The number of nitrogens with zero attached hydrogens (tertiary/aromatic N) is 3. The van der Waals surface area contributed by atoms with Crippen LogP contribution in [0.1, 0.15) is 31.2 Å². The summed E-state index contributed by atoms with van der Waals surface area (Å²) in [5.41, 5.74) is 1.74. The van der Waals surface area contributed by atoms with Crippen molar-refractivity contribution in [1.29, 1.82) is 5.26 Å². The van der Waals surface area contributed by atoms with Crippen LogP contribution in [0, 0.1) is 11.5 Å². The molecule has 3 rings (SSSR count). The van der Waals surface area contributed by atoms with Crippen molar-refractivity contribution in [2.24, 2.45) is 0 Å². The monoisotopic (exact) mass is 408 g/mol. The summed E-state index contributed by atoms with van der Waals surface area (Å²) in [5, 5.41) is 12.5. The molecule has 0 aliphatic carbocycles. The lowest BCUT2D eigenvalue weighted by Gasteiger charge is -2.26. The number of rotatable bonds is 9. The zero-order valence-electron chi connectivity index (χ0n) is 17.1. The number of nitriles is 1. The maximum absolute atomic E-state index is 12.3. The van der Waals surface area contributed by atoms with Crippen LogP contribution in [0.5, 0.6) is 5.75 Å². The second kappa shape index (κ2) is 11.7. The normalized spacial score (nSPS) is 13.8. The number of anilines is 1. The smallest absolute Gasteiger partial charge is 0.356 e. The predicted octanol–water partition coefficient (Wildman–Crippen LogP) is 4.07. The number of hydrogen-bond donors (Lipinski definition) is 1. The molecule has 0 saturated carbocycles. The Kier molecular flexibility index (Phi) is 8.36. The molecule has 1 aliphatic rings. The average Bonchev–Trinajstić information content (AvgIpc) is 2.78. The van der Waals surface area contributed by atoms with Gasteiger partial charge in [-0.25, -0.2) is 4.79 Å². The van der Waals surface area contributed by atoms with E-state index in [2.05, 4.69) is 22.3 Å². The second-order valence-corrected chi connectivity index (χ2v) is 7.23. The highest BCUT2D eigenvalue weighted by Crippen LogP contribution is 2.18. The van der Waals surface area contributed by atoms with Gasteiger partial charge in [0.25, 0.3) is 0 Å². The Bertz CT molecular complexity index is 832. The van der Waals surface area contributed by atoms with Crippen LogP contribution in [0.25, 0.3) is 0 Å². The molecule has 1 heterocycles. The van der Waals surface area contributed by atoms with Gasteiger partial charge in [-0.2, -0.15) is 0 Å². The van der Waals surface area contributed by atoms with E-state index in [1.165, 1.54) is 37.9 Å². The van der Waals surface area contributed by atoms with E-state index < -0.39 is 6.03 Å². The zero-order valence-corrected chi connectivity index (χ0v) is 17.1. The number of benzene rings is 2. The molecule has 0 atom stereocenters. The molecule has 0 spiro atoms. The van der Waals surface area contributed by atoms with Crippen molar-refractivity contribution in [3.05, 3.63) is 60.2 Å². The van der Waals surface area contributed by atoms with Crippen molar-refractivity contribution in [2.75, 3.05) is 31.3 Å². The predicted molar refractivity (Wildman–Crippen MR) is 115 cm³/mol. The summed E-state index contributed by atoms with van der Waals surface area (Å²) >= 11 is 0. The molecule has 1 aliphatic heterocycles. The first-order chi connectivity index (χ1) is 14.8. The number of ether oxygens (including phenoxy) is 1. The van der Waals surface area contributed by atoms with Crippen LogP contribution in [-0.2, 0) is 11.4 Å². The standard InChI is InChI=1S/C23H28N4O3/c24-19-30-27(21-10-3-1-4-11-21)23(28)25-13-8-16-29-22-12-7-9-20(17-22)18-26-14-5-2-6-15-26/h1,3-4,7,9-12,17H,2,5-6,8,13-16,18H2,(H,25,28). The molecule has 7 nitrogen and oxygen atoms in total. The summed E-state index contributed by atoms with van der Waals surface area (Å²) in [5.74, 6) is 0.842. The lowest BCUT2D eigenvalue weighted by Crippen LogP contribution is -2.40. The molecule has 0 radical (unpaired) electrons. The SMILES string of the molecule is N#CON(C(=O)NCCCOc1cccc(CN2CCCCC2)c1)c1ccccc1. The van der Waals surface area contributed by atoms with E-state index >= 15 is 0 Å². The first kappa shape index (κ1) is 21.5. The van der Waals surface area contributed by atoms with Crippen molar-refractivity contribution in [1.82, 2.24) is 10.2 Å². The summed E-state index contributed by atoms with van der Waals surface area (Å²) in [6.45, 7) is 4.18. The highest BCUT2D eigenvalue weighted by Gasteiger charge is 2.17. The van der Waals surface area contributed by atoms with Gasteiger partial charge < -0.3 is 10.1 Å². The summed E-state index contributed by atoms with van der Waals surface area (Å²) in [6.07, 6.45) is 6.07. The number of hydroxylamine groups is 1. The van der Waals surface area contributed by atoms with Crippen molar-refractivity contribution in [3.8, 4) is 12.0 Å². The molecule has 7 heteroatoms. The number of amides is 2. The van der Waals surface area contributed by atoms with Gasteiger partial charge in [0.15, 0.2) is 0 Å². The third-order valence-electron chi connectivity index (χ3n) is 4.93. The minimum absolute atomic E-state index is 0.407. The molecule has 1 fully saturated rings. The lowest BCUT2D eigenvalue weighted by atomic mass is 10.1. The number of urea groups is 1. The summed E-state index contributed by atoms with van der Waals surface area (Å²) in [4.78, 5) is 19.6. The van der Waals surface area contributed by atoms with E-state index in [-0.39, 0.29) is 0 Å². The highest BCUT2D eigenvalue weighted by molar-refractivity contribution is 5.89. The van der Waals surface area contributed by atoms with Crippen LogP contribution in [0.3, 0.4) is 0 Å². The third kappa shape index (κ3) is 6.68. The Morgan fingerprint density at radius 2 is 1.90 bits per heavy atom. The van der Waals surface area contributed by atoms with Gasteiger partial charge in [-0.1, -0.05) is 36.8 Å². The van der Waals surface area contributed by atoms with Gasteiger partial charge in [0.1, 0.15) is 5.75 Å². The Morgan fingerprint density at radius 1 is 1.10 bits per heavy atom. The van der Waals surface area contributed by atoms with E-state index in [1.54, 1.807) is 30.5 Å². The minimum atomic E-state index is -0.494. The van der Waals surface area contributed by atoms with Crippen molar-refractivity contribution in [2.45, 2.75) is 32.2 Å². The molecule has 2 amide bonds. The van der Waals surface area contributed by atoms with Crippen LogP contribution in [0.4, 0.5) is 10.5 Å². The molecular weight excluding hydrogens is 380 g/mol. The molecule has 0 bridgehead atoms. The number of likely N-dealkylation sites (tertiary alicyclic amines) is 1. The fourth-order valence-corrected chi connectivity index (χ4v) is 3.45. The van der Waals surface area contributed by atoms with Crippen LogP contribution < -0.4 is 15.1 Å². The van der Waals surface area contributed by atoms with E-state index in [4.69, 9.17) is 14.8 Å². The fraction of sp³-hybridized carbons (Fsp3) is 0.391. The topological polar surface area (TPSA) is 77.8 Å². The molecule has 158 valence electrons. The van der Waals surface area contributed by atoms with E-state index in [0.29, 0.717) is 25.3 Å². The Hall–Kier alpha value is -3.24. The van der Waals surface area contributed by atoms with Crippen LogP contribution >= 0.6 is 0 Å². The molecule has 0 unspecified atom stereocenters. The van der Waals surface area contributed by atoms with Crippen molar-refractivity contribution in [3.63, 3.8) is 0 Å². The Morgan fingerprint density at radius 3 is 2.67 bits per heavy atom. The molecule has 30 heavy (non-hydrogen) atoms. The van der Waals surface area contributed by atoms with E-state index in [0.717, 1.165) is 17.4 Å². The van der Waals surface area contributed by atoms with Gasteiger partial charge in [0.2, 0.25) is 0 Å². The van der Waals surface area contributed by atoms with Crippen molar-refractivity contribution < 1.29 is 14.4 Å². The lowest BCUT2D eigenvalue weighted by molar-refractivity contribution is 0.197. The third-order valence-corrected chi connectivity index (χ3v) is 4.93. The molecule has 1 saturated heterocycles. The fourth-order valence-electron chi connectivity index (χ4n) is 3.45. The van der Waals surface area contributed by atoms with Gasteiger partial charge in [-0.05, 0) is 62.2 Å². The largest absolute Gasteiger partial charge is 0.494 e. The van der Waals surface area contributed by atoms with Crippen LogP contribution in [0.2, 0.25) is 0 Å². The maximum atomic E-state index is 12.3. The van der Waals surface area contributed by atoms with Gasteiger partial charge in [0, 0.05) is 13.1 Å². The highest BCUT2D eigenvalue weighted by atomic mass is 16.7. The van der Waals surface area contributed by atoms with E-state index in [1.807, 2.05) is 18.2 Å². The molecule has 0 aromatic heterocycles. The number of hydrogen-bond acceptors (Lipinski definition) is 5. The Balaban J connectivity index is 1.40. The summed E-state index contributed by atoms with van der Waals surface area (Å²) in [6, 6.07) is 16.4. The van der Waals surface area contributed by atoms with E-state index in [9.17, 15) is 4.79 Å². The first-order valence-corrected chi connectivity index (χ1v) is 10.4. The van der Waals surface area contributed by atoms with Gasteiger partial charge in [-0.15, -0.1) is 10.3 Å². The van der Waals surface area contributed by atoms with Crippen LogP contribution in [0.15, 0.2) is 54.6 Å². The van der Waals surface area contributed by atoms with Gasteiger partial charge >= 0.3 is 12.3 Å².